The van der Waals surface area contributed by atoms with Crippen LogP contribution in [-0.2, 0) is 5.41 Å². The van der Waals surface area contributed by atoms with Crippen molar-refractivity contribution in [3.8, 4) is 56.2 Å². The molecule has 0 fully saturated rings. The van der Waals surface area contributed by atoms with Gasteiger partial charge in [-0.3, -0.25) is 0 Å². The van der Waals surface area contributed by atoms with Gasteiger partial charge in [0, 0.05) is 42.6 Å². The van der Waals surface area contributed by atoms with E-state index in [1.807, 2.05) is 36.0 Å². The minimum absolute atomic E-state index is 0.543. The Hall–Kier alpha value is -7.66. The maximum absolute atomic E-state index is 5.38. The van der Waals surface area contributed by atoms with Gasteiger partial charge in [0.2, 0.25) is 0 Å². The van der Waals surface area contributed by atoms with E-state index >= 15 is 0 Å². The first-order chi connectivity index (χ1) is 30.7. The molecule has 1 aliphatic carbocycles. The van der Waals surface area contributed by atoms with E-state index < -0.39 is 5.41 Å². The first-order valence-corrected chi connectivity index (χ1v) is 21.9. The topological polar surface area (TPSA) is 38.7 Å². The molecule has 0 bridgehead atoms. The van der Waals surface area contributed by atoms with Crippen LogP contribution in [0, 0.1) is 0 Å². The van der Waals surface area contributed by atoms with Crippen LogP contribution in [0.1, 0.15) is 22.3 Å². The van der Waals surface area contributed by atoms with Crippen LogP contribution < -0.4 is 0 Å². The molecule has 0 unspecified atom stereocenters. The van der Waals surface area contributed by atoms with Gasteiger partial charge in [-0.25, -0.2) is 15.0 Å². The van der Waals surface area contributed by atoms with E-state index in [4.69, 9.17) is 15.0 Å². The second-order valence-electron chi connectivity index (χ2n) is 16.2. The van der Waals surface area contributed by atoms with Crippen molar-refractivity contribution in [2.24, 2.45) is 0 Å². The normalized spacial score (nSPS) is 13.2. The highest BCUT2D eigenvalue weighted by molar-refractivity contribution is 7.99. The molecule has 3 heterocycles. The molecular weight excluding hydrogens is 771 g/mol. The molecule has 3 nitrogen and oxygen atoms in total. The van der Waals surface area contributed by atoms with Gasteiger partial charge in [0.1, 0.15) is 0 Å². The van der Waals surface area contributed by atoms with E-state index in [0.29, 0.717) is 0 Å². The summed E-state index contributed by atoms with van der Waals surface area (Å²) < 4.78 is 0. The number of aromatic nitrogens is 3. The molecule has 62 heavy (non-hydrogen) atoms. The van der Waals surface area contributed by atoms with Gasteiger partial charge >= 0.3 is 0 Å². The maximum Gasteiger partial charge on any atom is 0.160 e. The average Bonchev–Trinajstić information content (AvgIpc) is 3.63. The summed E-state index contributed by atoms with van der Waals surface area (Å²) in [6, 6.07) is 76.9. The Bertz CT molecular complexity index is 3550. The van der Waals surface area contributed by atoms with Gasteiger partial charge in [0.25, 0.3) is 0 Å². The van der Waals surface area contributed by atoms with E-state index in [-0.39, 0.29) is 0 Å². The van der Waals surface area contributed by atoms with Gasteiger partial charge in [-0.2, -0.15) is 0 Å². The highest BCUT2D eigenvalue weighted by Crippen LogP contribution is 2.64. The molecular formula is C58H35N3S. The highest BCUT2D eigenvalue weighted by Gasteiger charge is 2.51. The summed E-state index contributed by atoms with van der Waals surface area (Å²) in [4.78, 5) is 18.1. The molecule has 9 aromatic carbocycles. The summed E-state index contributed by atoms with van der Waals surface area (Å²) >= 11 is 1.88. The van der Waals surface area contributed by atoms with E-state index in [2.05, 4.69) is 188 Å². The first kappa shape index (κ1) is 35.1. The molecule has 1 aliphatic heterocycles. The van der Waals surface area contributed by atoms with Crippen molar-refractivity contribution in [2.45, 2.75) is 15.2 Å². The van der Waals surface area contributed by atoms with Crippen LogP contribution in [0.2, 0.25) is 0 Å². The largest absolute Gasteiger partial charge is 0.247 e. The summed E-state index contributed by atoms with van der Waals surface area (Å²) in [5.41, 5.74) is 16.6. The molecule has 2 aliphatic rings. The molecule has 0 saturated heterocycles. The standard InChI is InChI=1S/C58H35N3S/c1-3-16-37(17-4-1)56-44-34-45-49(35-43(44)41-20-7-11-26-50(41)59-56)58(46-23-9-13-28-52(46)62-53-29-14-10-24-47(53)58)48-25-15-22-40(54(45)48)36-30-32-38(33-31-36)55-42-21-8-12-27-51(42)60-57(61-55)39-18-5-2-6-19-39/h1-35H. The van der Waals surface area contributed by atoms with Crippen molar-refractivity contribution in [1.29, 1.82) is 0 Å². The Morgan fingerprint density at radius 1 is 0.323 bits per heavy atom. The Morgan fingerprint density at radius 3 is 1.60 bits per heavy atom. The minimum Gasteiger partial charge on any atom is -0.247 e. The monoisotopic (exact) mass is 805 g/mol. The number of para-hydroxylation sites is 2. The zero-order valence-electron chi connectivity index (χ0n) is 33.5. The molecule has 2 aromatic heterocycles. The first-order valence-electron chi connectivity index (χ1n) is 21.1. The zero-order valence-corrected chi connectivity index (χ0v) is 34.3. The van der Waals surface area contributed by atoms with Crippen molar-refractivity contribution in [2.75, 3.05) is 0 Å². The third kappa shape index (κ3) is 5.11. The molecule has 4 heteroatoms. The number of benzene rings is 9. The number of pyridine rings is 1. The quantitative estimate of drug-likeness (QED) is 0.166. The van der Waals surface area contributed by atoms with Crippen LogP contribution in [0.25, 0.3) is 88.7 Å². The summed E-state index contributed by atoms with van der Waals surface area (Å²) in [6.45, 7) is 0. The van der Waals surface area contributed by atoms with Crippen molar-refractivity contribution in [1.82, 2.24) is 15.0 Å². The van der Waals surface area contributed by atoms with Crippen LogP contribution in [0.15, 0.2) is 222 Å². The van der Waals surface area contributed by atoms with E-state index in [1.165, 1.54) is 54.1 Å². The van der Waals surface area contributed by atoms with Crippen LogP contribution in [0.5, 0.6) is 0 Å². The van der Waals surface area contributed by atoms with Gasteiger partial charge in [0.05, 0.1) is 27.8 Å². The number of nitrogens with zero attached hydrogens (tertiary/aromatic N) is 3. The van der Waals surface area contributed by atoms with Crippen LogP contribution in [0.3, 0.4) is 0 Å². The summed E-state index contributed by atoms with van der Waals surface area (Å²) in [6.07, 6.45) is 0. The maximum atomic E-state index is 5.38. The summed E-state index contributed by atoms with van der Waals surface area (Å²) in [5, 5.41) is 4.56. The molecule has 13 rings (SSSR count). The van der Waals surface area contributed by atoms with Crippen LogP contribution in [0.4, 0.5) is 0 Å². The second kappa shape index (κ2) is 13.7. The zero-order chi connectivity index (χ0) is 40.8. The number of rotatable bonds is 4. The Morgan fingerprint density at radius 2 is 0.871 bits per heavy atom. The average molecular weight is 806 g/mol. The Balaban J connectivity index is 1.09. The molecule has 0 saturated carbocycles. The van der Waals surface area contributed by atoms with Gasteiger partial charge in [-0.1, -0.05) is 188 Å². The smallest absolute Gasteiger partial charge is 0.160 e. The number of fused-ring (bicyclic) bond motifs is 13. The predicted octanol–water partition coefficient (Wildman–Crippen LogP) is 14.8. The predicted molar refractivity (Wildman–Crippen MR) is 256 cm³/mol. The van der Waals surface area contributed by atoms with E-state index in [1.54, 1.807) is 0 Å². The Labute approximate surface area is 363 Å². The Kier molecular flexibility index (Phi) is 7.75. The summed E-state index contributed by atoms with van der Waals surface area (Å²) in [7, 11) is 0. The SMILES string of the molecule is c1ccc(-c2nc(-c3ccc(-c4cccc5c4-c4cc6c(-c7ccccc7)nc7ccccc7c6cc4C54c5ccccc5Sc5ccccc54)cc3)c3ccccc3n2)cc1. The number of hydrogen-bond donors (Lipinski definition) is 0. The van der Waals surface area contributed by atoms with Gasteiger partial charge in [-0.05, 0) is 86.3 Å². The fourth-order valence-electron chi connectivity index (χ4n) is 10.3. The second-order valence-corrected chi connectivity index (χ2v) is 17.3. The van der Waals surface area contributed by atoms with E-state index in [0.717, 1.165) is 66.7 Å². The fraction of sp³-hybridized carbons (Fsp3) is 0.0172. The molecule has 0 N–H and O–H groups in total. The lowest BCUT2D eigenvalue weighted by atomic mass is 9.67. The van der Waals surface area contributed by atoms with Gasteiger partial charge in [0.15, 0.2) is 5.82 Å². The van der Waals surface area contributed by atoms with Crippen molar-refractivity contribution >= 4 is 44.3 Å². The molecule has 0 radical (unpaired) electrons. The lowest BCUT2D eigenvalue weighted by Crippen LogP contribution is -2.32. The van der Waals surface area contributed by atoms with Crippen LogP contribution >= 0.6 is 11.8 Å². The van der Waals surface area contributed by atoms with Crippen LogP contribution in [-0.4, -0.2) is 15.0 Å². The van der Waals surface area contributed by atoms with Gasteiger partial charge < -0.3 is 0 Å². The third-order valence-corrected chi connectivity index (χ3v) is 14.1. The lowest BCUT2D eigenvalue weighted by Gasteiger charge is -2.39. The lowest BCUT2D eigenvalue weighted by molar-refractivity contribution is 0.723. The van der Waals surface area contributed by atoms with Crippen molar-refractivity contribution in [3.63, 3.8) is 0 Å². The summed E-state index contributed by atoms with van der Waals surface area (Å²) in [5.74, 6) is 0.724. The van der Waals surface area contributed by atoms with Crippen molar-refractivity contribution < 1.29 is 0 Å². The minimum atomic E-state index is -0.543. The van der Waals surface area contributed by atoms with E-state index in [9.17, 15) is 0 Å². The van der Waals surface area contributed by atoms with Gasteiger partial charge in [-0.15, -0.1) is 0 Å². The number of hydrogen-bond acceptors (Lipinski definition) is 4. The molecule has 1 spiro atoms. The molecule has 0 amide bonds. The fourth-order valence-corrected chi connectivity index (χ4v) is 11.5. The molecule has 11 aromatic rings. The van der Waals surface area contributed by atoms with Crippen molar-refractivity contribution in [3.05, 3.63) is 235 Å². The highest BCUT2D eigenvalue weighted by atomic mass is 32.2. The molecule has 288 valence electrons. The third-order valence-electron chi connectivity index (χ3n) is 12.9. The molecule has 0 atom stereocenters.